The van der Waals surface area contributed by atoms with E-state index in [1.54, 1.807) is 42.5 Å². The van der Waals surface area contributed by atoms with Gasteiger partial charge in [-0.25, -0.2) is 4.90 Å². The average molecular weight is 506 g/mol. The SMILES string of the molecule is CCc1ccc(NC(=O)c2cccc(NC3=C(Cl)C(=O)N(c4ccc(OC)cc4OC)C3=O)c2)cc1. The Kier molecular flexibility index (Phi) is 7.26. The first kappa shape index (κ1) is 24.8. The fourth-order valence-corrected chi connectivity index (χ4v) is 3.92. The van der Waals surface area contributed by atoms with Crippen molar-refractivity contribution in [3.8, 4) is 11.5 Å². The molecule has 3 aromatic carbocycles. The van der Waals surface area contributed by atoms with Gasteiger partial charge in [0.25, 0.3) is 17.7 Å². The van der Waals surface area contributed by atoms with E-state index >= 15 is 0 Å². The van der Waals surface area contributed by atoms with E-state index in [4.69, 9.17) is 21.1 Å². The van der Waals surface area contributed by atoms with Crippen LogP contribution in [0.5, 0.6) is 11.5 Å². The molecule has 0 radical (unpaired) electrons. The van der Waals surface area contributed by atoms with Crippen molar-refractivity contribution in [3.05, 3.63) is 88.6 Å². The highest BCUT2D eigenvalue weighted by Crippen LogP contribution is 2.37. The predicted molar refractivity (Wildman–Crippen MR) is 139 cm³/mol. The van der Waals surface area contributed by atoms with E-state index in [2.05, 4.69) is 17.6 Å². The Bertz CT molecular complexity index is 1370. The second-order valence-corrected chi connectivity index (χ2v) is 8.26. The summed E-state index contributed by atoms with van der Waals surface area (Å²) in [7, 11) is 2.92. The summed E-state index contributed by atoms with van der Waals surface area (Å²) in [6.07, 6.45) is 0.907. The number of hydrogen-bond acceptors (Lipinski definition) is 6. The first-order chi connectivity index (χ1) is 17.4. The average Bonchev–Trinajstić information content (AvgIpc) is 3.11. The van der Waals surface area contributed by atoms with Crippen LogP contribution in [0.1, 0.15) is 22.8 Å². The number of anilines is 3. The van der Waals surface area contributed by atoms with Crippen LogP contribution in [-0.4, -0.2) is 31.9 Å². The lowest BCUT2D eigenvalue weighted by atomic mass is 10.1. The summed E-state index contributed by atoms with van der Waals surface area (Å²) in [6, 6.07) is 18.8. The lowest BCUT2D eigenvalue weighted by molar-refractivity contribution is -0.120. The molecule has 2 N–H and O–H groups in total. The van der Waals surface area contributed by atoms with Gasteiger partial charge in [0.05, 0.1) is 19.9 Å². The maximum Gasteiger partial charge on any atom is 0.283 e. The molecule has 0 atom stereocenters. The summed E-state index contributed by atoms with van der Waals surface area (Å²) in [4.78, 5) is 39.8. The number of nitrogens with one attached hydrogen (secondary N) is 2. The number of amides is 3. The highest BCUT2D eigenvalue weighted by atomic mass is 35.5. The summed E-state index contributed by atoms with van der Waals surface area (Å²) in [5.41, 5.74) is 2.74. The van der Waals surface area contributed by atoms with Crippen molar-refractivity contribution < 1.29 is 23.9 Å². The number of halogens is 1. The molecule has 0 aromatic heterocycles. The maximum absolute atomic E-state index is 13.2. The fraction of sp³-hybridized carbons (Fsp3) is 0.148. The van der Waals surface area contributed by atoms with E-state index in [0.29, 0.717) is 22.7 Å². The highest BCUT2D eigenvalue weighted by Gasteiger charge is 2.40. The third-order valence-electron chi connectivity index (χ3n) is 5.67. The van der Waals surface area contributed by atoms with Gasteiger partial charge in [-0.1, -0.05) is 36.7 Å². The van der Waals surface area contributed by atoms with Gasteiger partial charge in [-0.05, 0) is 54.4 Å². The van der Waals surface area contributed by atoms with Crippen molar-refractivity contribution in [2.45, 2.75) is 13.3 Å². The van der Waals surface area contributed by atoms with Gasteiger partial charge in [0, 0.05) is 23.0 Å². The Balaban J connectivity index is 1.54. The minimum absolute atomic E-state index is 0.104. The van der Waals surface area contributed by atoms with Gasteiger partial charge in [-0.2, -0.15) is 0 Å². The van der Waals surface area contributed by atoms with Crippen LogP contribution in [0.3, 0.4) is 0 Å². The normalized spacial score (nSPS) is 13.2. The molecule has 0 spiro atoms. The van der Waals surface area contributed by atoms with Crippen LogP contribution in [-0.2, 0) is 16.0 Å². The van der Waals surface area contributed by atoms with E-state index < -0.39 is 11.8 Å². The molecule has 1 aliphatic rings. The molecule has 0 fully saturated rings. The zero-order chi connectivity index (χ0) is 25.8. The molecule has 0 saturated heterocycles. The van der Waals surface area contributed by atoms with Crippen LogP contribution in [0.25, 0.3) is 0 Å². The molecule has 1 heterocycles. The summed E-state index contributed by atoms with van der Waals surface area (Å²) in [5, 5.41) is 5.47. The summed E-state index contributed by atoms with van der Waals surface area (Å²) in [5.74, 6) is -0.895. The van der Waals surface area contributed by atoms with Crippen LogP contribution in [0, 0.1) is 0 Å². The summed E-state index contributed by atoms with van der Waals surface area (Å²) >= 11 is 6.27. The van der Waals surface area contributed by atoms with Crippen molar-refractivity contribution >= 4 is 46.4 Å². The molecule has 9 heteroatoms. The Morgan fingerprint density at radius 2 is 1.67 bits per heavy atom. The highest BCUT2D eigenvalue weighted by molar-refractivity contribution is 6.53. The number of carbonyl (C=O) groups is 3. The number of benzene rings is 3. The van der Waals surface area contributed by atoms with Crippen LogP contribution in [0.4, 0.5) is 17.1 Å². The fourth-order valence-electron chi connectivity index (χ4n) is 3.71. The lowest BCUT2D eigenvalue weighted by Crippen LogP contribution is -2.32. The van der Waals surface area contributed by atoms with Crippen molar-refractivity contribution in [2.24, 2.45) is 0 Å². The van der Waals surface area contributed by atoms with Crippen LogP contribution in [0.15, 0.2) is 77.5 Å². The van der Waals surface area contributed by atoms with E-state index in [-0.39, 0.29) is 28.1 Å². The number of rotatable bonds is 8. The molecular weight excluding hydrogens is 482 g/mol. The monoisotopic (exact) mass is 505 g/mol. The number of carbonyl (C=O) groups excluding carboxylic acids is 3. The molecule has 36 heavy (non-hydrogen) atoms. The number of aryl methyl sites for hydroxylation is 1. The van der Waals surface area contributed by atoms with Gasteiger partial charge in [0.1, 0.15) is 22.2 Å². The van der Waals surface area contributed by atoms with Crippen molar-refractivity contribution in [1.29, 1.82) is 0 Å². The molecule has 0 saturated carbocycles. The third-order valence-corrected chi connectivity index (χ3v) is 6.02. The van der Waals surface area contributed by atoms with Gasteiger partial charge >= 0.3 is 0 Å². The lowest BCUT2D eigenvalue weighted by Gasteiger charge is -2.18. The number of methoxy groups -OCH3 is 2. The number of ether oxygens (including phenoxy) is 2. The van der Waals surface area contributed by atoms with E-state index in [0.717, 1.165) is 11.3 Å². The van der Waals surface area contributed by atoms with Gasteiger partial charge in [0.15, 0.2) is 0 Å². The Hall–Kier alpha value is -4.30. The molecule has 3 amide bonds. The van der Waals surface area contributed by atoms with Gasteiger partial charge in [0.2, 0.25) is 0 Å². The Morgan fingerprint density at radius 1 is 0.917 bits per heavy atom. The molecular formula is C27H24ClN3O5. The van der Waals surface area contributed by atoms with Crippen LogP contribution in [0.2, 0.25) is 0 Å². The molecule has 0 bridgehead atoms. The first-order valence-corrected chi connectivity index (χ1v) is 11.5. The van der Waals surface area contributed by atoms with E-state index in [1.807, 2.05) is 24.3 Å². The second-order valence-electron chi connectivity index (χ2n) is 7.88. The molecule has 1 aliphatic heterocycles. The predicted octanol–water partition coefficient (Wildman–Crippen LogP) is 4.95. The molecule has 8 nitrogen and oxygen atoms in total. The van der Waals surface area contributed by atoms with Crippen molar-refractivity contribution in [2.75, 3.05) is 29.8 Å². The smallest absolute Gasteiger partial charge is 0.283 e. The van der Waals surface area contributed by atoms with Gasteiger partial charge < -0.3 is 20.1 Å². The molecule has 3 aromatic rings. The first-order valence-electron chi connectivity index (χ1n) is 11.1. The summed E-state index contributed by atoms with van der Waals surface area (Å²) < 4.78 is 10.5. The standard InChI is InChI=1S/C27H24ClN3O5/c1-4-16-8-10-18(11-9-16)30-25(32)17-6-5-7-19(14-17)29-24-23(28)26(33)31(27(24)34)21-13-12-20(35-2)15-22(21)36-3/h5-15,29H,4H2,1-3H3,(H,30,32). The van der Waals surface area contributed by atoms with Crippen molar-refractivity contribution in [1.82, 2.24) is 0 Å². The molecule has 0 aliphatic carbocycles. The second kappa shape index (κ2) is 10.5. The number of nitrogens with zero attached hydrogens (tertiary/aromatic N) is 1. The van der Waals surface area contributed by atoms with Crippen LogP contribution >= 0.6 is 11.6 Å². The molecule has 4 rings (SSSR count). The quantitative estimate of drug-likeness (QED) is 0.420. The third kappa shape index (κ3) is 4.89. The Morgan fingerprint density at radius 3 is 2.33 bits per heavy atom. The summed E-state index contributed by atoms with van der Waals surface area (Å²) in [6.45, 7) is 2.06. The molecule has 0 unspecified atom stereocenters. The Labute approximate surface area is 213 Å². The van der Waals surface area contributed by atoms with Gasteiger partial charge in [-0.3, -0.25) is 14.4 Å². The zero-order valence-electron chi connectivity index (χ0n) is 19.9. The van der Waals surface area contributed by atoms with Gasteiger partial charge in [-0.15, -0.1) is 0 Å². The van der Waals surface area contributed by atoms with Crippen LogP contribution < -0.4 is 25.0 Å². The number of imide groups is 1. The minimum Gasteiger partial charge on any atom is -0.497 e. The van der Waals surface area contributed by atoms with E-state index in [1.165, 1.54) is 19.8 Å². The number of hydrogen-bond donors (Lipinski definition) is 2. The largest absolute Gasteiger partial charge is 0.497 e. The minimum atomic E-state index is -0.697. The topological polar surface area (TPSA) is 97.0 Å². The maximum atomic E-state index is 13.2. The zero-order valence-corrected chi connectivity index (χ0v) is 20.7. The van der Waals surface area contributed by atoms with E-state index in [9.17, 15) is 14.4 Å². The van der Waals surface area contributed by atoms with Crippen molar-refractivity contribution in [3.63, 3.8) is 0 Å². The molecule has 184 valence electrons.